The summed E-state index contributed by atoms with van der Waals surface area (Å²) in [6, 6.07) is 13.8. The van der Waals surface area contributed by atoms with Crippen molar-refractivity contribution in [1.29, 1.82) is 0 Å². The smallest absolute Gasteiger partial charge is 0.295 e. The summed E-state index contributed by atoms with van der Waals surface area (Å²) in [5.41, 5.74) is 1.37. The first-order chi connectivity index (χ1) is 17.0. The van der Waals surface area contributed by atoms with Crippen molar-refractivity contribution in [3.05, 3.63) is 69.7 Å². The molecule has 8 heteroatoms. The first-order valence-corrected chi connectivity index (χ1v) is 12.9. The third kappa shape index (κ3) is 5.94. The molecule has 2 aromatic carbocycles. The molecule has 1 amide bonds. The fraction of sp³-hybridized carbons (Fsp3) is 0.407. The summed E-state index contributed by atoms with van der Waals surface area (Å²) in [5.74, 6) is -0.720. The van der Waals surface area contributed by atoms with Crippen LogP contribution in [0.5, 0.6) is 5.75 Å². The average Bonchev–Trinajstić information content (AvgIpc) is 3.13. The van der Waals surface area contributed by atoms with Crippen molar-refractivity contribution in [2.45, 2.75) is 25.8 Å². The molecule has 7 nitrogen and oxygen atoms in total. The number of hydrogen-bond acceptors (Lipinski definition) is 6. The maximum Gasteiger partial charge on any atom is 0.295 e. The lowest BCUT2D eigenvalue weighted by molar-refractivity contribution is -0.140. The molecule has 4 rings (SSSR count). The molecule has 0 aromatic heterocycles. The van der Waals surface area contributed by atoms with E-state index in [4.69, 9.17) is 9.47 Å². The van der Waals surface area contributed by atoms with Gasteiger partial charge in [-0.2, -0.15) is 0 Å². The normalized spacial score (nSPS) is 20.4. The summed E-state index contributed by atoms with van der Waals surface area (Å²) in [4.78, 5) is 30.2. The van der Waals surface area contributed by atoms with Gasteiger partial charge in [-0.1, -0.05) is 35.0 Å². The number of benzene rings is 2. The third-order valence-electron chi connectivity index (χ3n) is 6.30. The van der Waals surface area contributed by atoms with Crippen LogP contribution in [0.3, 0.4) is 0 Å². The highest BCUT2D eigenvalue weighted by Crippen LogP contribution is 2.40. The quantitative estimate of drug-likeness (QED) is 0.287. The Labute approximate surface area is 214 Å². The lowest BCUT2D eigenvalue weighted by Gasteiger charge is -2.29. The minimum Gasteiger partial charge on any atom is -0.507 e. The standard InChI is InChI=1S/C27H31BrN2O5/c1-2-16-35-22-10-6-20(7-11-22)25(31)23-24(19-4-8-21(28)9-5-19)30(27(33)26(23)32)13-3-12-29-14-17-34-18-15-29/h4-11,24,31H,2-3,12-18H2,1H3/b25-23+. The number of ether oxygens (including phenoxy) is 2. The molecule has 2 fully saturated rings. The van der Waals surface area contributed by atoms with Crippen molar-refractivity contribution in [2.24, 2.45) is 0 Å². The van der Waals surface area contributed by atoms with E-state index >= 15 is 0 Å². The van der Waals surface area contributed by atoms with Gasteiger partial charge in [0, 0.05) is 36.2 Å². The van der Waals surface area contributed by atoms with E-state index in [0.29, 0.717) is 37.7 Å². The molecule has 0 bridgehead atoms. The van der Waals surface area contributed by atoms with Gasteiger partial charge in [0.2, 0.25) is 0 Å². The number of nitrogens with zero attached hydrogens (tertiary/aromatic N) is 2. The van der Waals surface area contributed by atoms with Gasteiger partial charge in [0.15, 0.2) is 0 Å². The van der Waals surface area contributed by atoms with E-state index in [2.05, 4.69) is 20.8 Å². The fourth-order valence-corrected chi connectivity index (χ4v) is 4.74. The van der Waals surface area contributed by atoms with Gasteiger partial charge in [-0.05, 0) is 54.8 Å². The number of likely N-dealkylation sites (tertiary alicyclic amines) is 1. The zero-order valence-corrected chi connectivity index (χ0v) is 21.5. The van der Waals surface area contributed by atoms with Gasteiger partial charge in [0.25, 0.3) is 11.7 Å². The summed E-state index contributed by atoms with van der Waals surface area (Å²) in [6.07, 6.45) is 1.62. The zero-order valence-electron chi connectivity index (χ0n) is 19.9. The minimum atomic E-state index is -0.659. The Morgan fingerprint density at radius 2 is 1.74 bits per heavy atom. The molecule has 0 aliphatic carbocycles. The predicted molar refractivity (Wildman–Crippen MR) is 137 cm³/mol. The van der Waals surface area contributed by atoms with Crippen molar-refractivity contribution >= 4 is 33.4 Å². The van der Waals surface area contributed by atoms with Gasteiger partial charge in [-0.25, -0.2) is 0 Å². The second kappa shape index (κ2) is 11.8. The monoisotopic (exact) mass is 542 g/mol. The molecule has 2 aromatic rings. The van der Waals surface area contributed by atoms with Gasteiger partial charge in [-0.15, -0.1) is 0 Å². The van der Waals surface area contributed by atoms with Gasteiger partial charge < -0.3 is 19.5 Å². The van der Waals surface area contributed by atoms with E-state index in [9.17, 15) is 14.7 Å². The predicted octanol–water partition coefficient (Wildman–Crippen LogP) is 4.38. The zero-order chi connectivity index (χ0) is 24.8. The number of carbonyl (C=O) groups is 2. The Balaban J connectivity index is 1.63. The number of morpholine rings is 1. The molecular formula is C27H31BrN2O5. The highest BCUT2D eigenvalue weighted by Gasteiger charge is 2.45. The fourth-order valence-electron chi connectivity index (χ4n) is 4.48. The number of hydrogen-bond donors (Lipinski definition) is 1. The van der Waals surface area contributed by atoms with Crippen LogP contribution >= 0.6 is 15.9 Å². The maximum absolute atomic E-state index is 13.2. The summed E-state index contributed by atoms with van der Waals surface area (Å²) in [6.45, 7) is 7.03. The average molecular weight is 543 g/mol. The molecule has 2 aliphatic heterocycles. The van der Waals surface area contributed by atoms with Crippen LogP contribution in [0, 0.1) is 0 Å². The molecule has 1 N–H and O–H groups in total. The highest BCUT2D eigenvalue weighted by atomic mass is 79.9. The summed E-state index contributed by atoms with van der Waals surface area (Å²) >= 11 is 3.45. The molecule has 35 heavy (non-hydrogen) atoms. The van der Waals surface area contributed by atoms with E-state index in [-0.39, 0.29) is 11.3 Å². The molecule has 0 saturated carbocycles. The van der Waals surface area contributed by atoms with Crippen LogP contribution in [0.25, 0.3) is 5.76 Å². The van der Waals surface area contributed by atoms with Crippen LogP contribution < -0.4 is 4.74 Å². The number of amides is 1. The van der Waals surface area contributed by atoms with E-state index in [1.807, 2.05) is 31.2 Å². The number of ketones is 1. The van der Waals surface area contributed by atoms with Crippen molar-refractivity contribution in [3.63, 3.8) is 0 Å². The maximum atomic E-state index is 13.2. The molecule has 0 radical (unpaired) electrons. The van der Waals surface area contributed by atoms with Crippen LogP contribution in [-0.2, 0) is 14.3 Å². The topological polar surface area (TPSA) is 79.3 Å². The Morgan fingerprint density at radius 1 is 1.06 bits per heavy atom. The van der Waals surface area contributed by atoms with Gasteiger partial charge in [0.05, 0.1) is 31.4 Å². The van der Waals surface area contributed by atoms with Crippen molar-refractivity contribution < 1.29 is 24.2 Å². The van der Waals surface area contributed by atoms with Crippen LogP contribution in [0.15, 0.2) is 58.6 Å². The number of carbonyl (C=O) groups excluding carboxylic acids is 2. The highest BCUT2D eigenvalue weighted by molar-refractivity contribution is 9.10. The first-order valence-electron chi connectivity index (χ1n) is 12.1. The summed E-state index contributed by atoms with van der Waals surface area (Å²) < 4.78 is 11.9. The molecular weight excluding hydrogens is 512 g/mol. The van der Waals surface area contributed by atoms with Gasteiger partial charge in [0.1, 0.15) is 11.5 Å². The largest absolute Gasteiger partial charge is 0.507 e. The Hall–Kier alpha value is -2.68. The molecule has 1 unspecified atom stereocenters. The molecule has 2 aliphatic rings. The van der Waals surface area contributed by atoms with Gasteiger partial charge in [-0.3, -0.25) is 14.5 Å². The number of aliphatic hydroxyl groups is 1. The lowest BCUT2D eigenvalue weighted by atomic mass is 9.95. The SMILES string of the molecule is CCCOc1ccc(/C(O)=C2\C(=O)C(=O)N(CCCN3CCOCC3)C2c2ccc(Br)cc2)cc1. The van der Waals surface area contributed by atoms with Crippen LogP contribution in [-0.4, -0.2) is 72.6 Å². The van der Waals surface area contributed by atoms with Crippen molar-refractivity contribution in [2.75, 3.05) is 46.0 Å². The molecule has 0 spiro atoms. The third-order valence-corrected chi connectivity index (χ3v) is 6.83. The van der Waals surface area contributed by atoms with Crippen molar-refractivity contribution in [1.82, 2.24) is 9.80 Å². The number of rotatable bonds is 9. The van der Waals surface area contributed by atoms with E-state index < -0.39 is 17.7 Å². The Morgan fingerprint density at radius 3 is 2.40 bits per heavy atom. The molecule has 2 saturated heterocycles. The summed E-state index contributed by atoms with van der Waals surface area (Å²) in [5, 5.41) is 11.2. The number of aliphatic hydroxyl groups excluding tert-OH is 1. The van der Waals surface area contributed by atoms with Crippen LogP contribution in [0.1, 0.15) is 36.9 Å². The second-order valence-corrected chi connectivity index (χ2v) is 9.64. The Kier molecular flexibility index (Phi) is 8.59. The lowest BCUT2D eigenvalue weighted by Crippen LogP contribution is -2.38. The molecule has 1 atom stereocenters. The minimum absolute atomic E-state index is 0.117. The molecule has 2 heterocycles. The van der Waals surface area contributed by atoms with Crippen LogP contribution in [0.2, 0.25) is 0 Å². The van der Waals surface area contributed by atoms with E-state index in [0.717, 1.165) is 42.5 Å². The van der Waals surface area contributed by atoms with Gasteiger partial charge >= 0.3 is 0 Å². The molecule has 186 valence electrons. The van der Waals surface area contributed by atoms with E-state index in [1.165, 1.54) is 0 Å². The number of Topliss-reactive ketones (excluding diaryl/α,β-unsaturated/α-hetero) is 1. The Bertz CT molecular complexity index is 1060. The van der Waals surface area contributed by atoms with Crippen molar-refractivity contribution in [3.8, 4) is 5.75 Å². The van der Waals surface area contributed by atoms with Crippen LogP contribution in [0.4, 0.5) is 0 Å². The summed E-state index contributed by atoms with van der Waals surface area (Å²) in [7, 11) is 0. The second-order valence-electron chi connectivity index (χ2n) is 8.72. The number of halogens is 1. The first kappa shape index (κ1) is 25.4. The van der Waals surface area contributed by atoms with E-state index in [1.54, 1.807) is 29.2 Å².